The standard InChI is InChI=1S/C22H32O4/c23-20(18-13-16-7-8-17(16)14-18)11-9-15-10-12-21(24)19(15)5-3-1-2-4-6-22(25)26/h1,3,9,11,15-20,23H,2,4-8,10,12-14H2,(H,25,26)/b3-1-,11-9+/t15-,16?,17?,18?,19+,20-/m0/s1. The fraction of sp³-hybridized carbons (Fsp3) is 0.727. The van der Waals surface area contributed by atoms with Gasteiger partial charge in [-0.05, 0) is 75.0 Å². The predicted molar refractivity (Wildman–Crippen MR) is 101 cm³/mol. The van der Waals surface area contributed by atoms with Gasteiger partial charge in [0.15, 0.2) is 0 Å². The van der Waals surface area contributed by atoms with Gasteiger partial charge in [0.1, 0.15) is 5.78 Å². The number of rotatable bonds is 9. The summed E-state index contributed by atoms with van der Waals surface area (Å²) < 4.78 is 0. The molecule has 3 aliphatic rings. The largest absolute Gasteiger partial charge is 0.481 e. The number of carboxylic acid groups (broad SMARTS) is 1. The number of aliphatic carboxylic acids is 1. The van der Waals surface area contributed by atoms with E-state index in [-0.39, 0.29) is 24.4 Å². The molecule has 3 rings (SSSR count). The molecule has 0 saturated heterocycles. The summed E-state index contributed by atoms with van der Waals surface area (Å²) in [4.78, 5) is 22.7. The molecule has 2 unspecified atom stereocenters. The normalized spacial score (nSPS) is 35.1. The molecule has 5 atom stereocenters. The van der Waals surface area contributed by atoms with E-state index < -0.39 is 5.97 Å². The third-order valence-electron chi connectivity index (χ3n) is 6.80. The molecule has 0 aliphatic heterocycles. The number of aliphatic hydroxyl groups excluding tert-OH is 1. The van der Waals surface area contributed by atoms with Gasteiger partial charge in [0.2, 0.25) is 0 Å². The Balaban J connectivity index is 1.44. The Morgan fingerprint density at radius 1 is 1.15 bits per heavy atom. The maximum Gasteiger partial charge on any atom is 0.303 e. The highest BCUT2D eigenvalue weighted by molar-refractivity contribution is 5.83. The number of carbonyl (C=O) groups excluding carboxylic acids is 1. The Bertz CT molecular complexity index is 552. The van der Waals surface area contributed by atoms with Gasteiger partial charge < -0.3 is 10.2 Å². The van der Waals surface area contributed by atoms with Crippen LogP contribution in [0.4, 0.5) is 0 Å². The van der Waals surface area contributed by atoms with Crippen LogP contribution in [-0.2, 0) is 9.59 Å². The number of fused-ring (bicyclic) bond motifs is 1. The Labute approximate surface area is 156 Å². The van der Waals surface area contributed by atoms with Gasteiger partial charge in [-0.25, -0.2) is 0 Å². The summed E-state index contributed by atoms with van der Waals surface area (Å²) in [5.74, 6) is 1.94. The lowest BCUT2D eigenvalue weighted by Gasteiger charge is -2.29. The molecule has 0 heterocycles. The summed E-state index contributed by atoms with van der Waals surface area (Å²) in [5.41, 5.74) is 0. The monoisotopic (exact) mass is 360 g/mol. The Morgan fingerprint density at radius 2 is 1.88 bits per heavy atom. The third kappa shape index (κ3) is 4.85. The van der Waals surface area contributed by atoms with Gasteiger partial charge in [-0.15, -0.1) is 0 Å². The molecule has 3 fully saturated rings. The van der Waals surface area contributed by atoms with Crippen LogP contribution in [0.25, 0.3) is 0 Å². The highest BCUT2D eigenvalue weighted by Crippen LogP contribution is 2.50. The van der Waals surface area contributed by atoms with Crippen molar-refractivity contribution in [3.63, 3.8) is 0 Å². The van der Waals surface area contributed by atoms with Crippen molar-refractivity contribution in [3.05, 3.63) is 24.3 Å². The Hall–Kier alpha value is -1.42. The number of Topliss-reactive ketones (excluding diaryl/α,β-unsaturated/α-hetero) is 1. The van der Waals surface area contributed by atoms with Crippen molar-refractivity contribution >= 4 is 11.8 Å². The first-order chi connectivity index (χ1) is 12.5. The van der Waals surface area contributed by atoms with E-state index in [0.717, 1.165) is 31.1 Å². The van der Waals surface area contributed by atoms with Crippen LogP contribution in [-0.4, -0.2) is 28.1 Å². The van der Waals surface area contributed by atoms with E-state index in [1.807, 2.05) is 18.2 Å². The van der Waals surface area contributed by atoms with Crippen molar-refractivity contribution in [3.8, 4) is 0 Å². The number of carboxylic acids is 1. The molecule has 3 saturated carbocycles. The third-order valence-corrected chi connectivity index (χ3v) is 6.80. The zero-order chi connectivity index (χ0) is 18.5. The Morgan fingerprint density at radius 3 is 2.54 bits per heavy atom. The number of aliphatic hydroxyl groups is 1. The maximum absolute atomic E-state index is 12.2. The number of carbonyl (C=O) groups is 2. The van der Waals surface area contributed by atoms with Gasteiger partial charge in [0.05, 0.1) is 6.10 Å². The van der Waals surface area contributed by atoms with E-state index in [9.17, 15) is 14.7 Å². The van der Waals surface area contributed by atoms with Gasteiger partial charge in [0.25, 0.3) is 0 Å². The number of hydrogen-bond acceptors (Lipinski definition) is 3. The lowest BCUT2D eigenvalue weighted by atomic mass is 9.77. The zero-order valence-electron chi connectivity index (χ0n) is 15.6. The summed E-state index contributed by atoms with van der Waals surface area (Å²) in [5, 5.41) is 19.1. The van der Waals surface area contributed by atoms with Crippen molar-refractivity contribution in [2.75, 3.05) is 0 Å². The number of hydrogen-bond donors (Lipinski definition) is 2. The van der Waals surface area contributed by atoms with Crippen molar-refractivity contribution in [2.45, 2.75) is 70.3 Å². The molecule has 0 amide bonds. The molecular formula is C22H32O4. The molecule has 0 radical (unpaired) electrons. The van der Waals surface area contributed by atoms with Crippen LogP contribution in [0.5, 0.6) is 0 Å². The van der Waals surface area contributed by atoms with Crippen LogP contribution in [0.3, 0.4) is 0 Å². The van der Waals surface area contributed by atoms with Crippen LogP contribution in [0.15, 0.2) is 24.3 Å². The zero-order valence-corrected chi connectivity index (χ0v) is 15.6. The van der Waals surface area contributed by atoms with Crippen molar-refractivity contribution in [1.29, 1.82) is 0 Å². The number of unbranched alkanes of at least 4 members (excludes halogenated alkanes) is 1. The SMILES string of the molecule is O=C(O)CCC/C=C\C[C@H]1C(=O)CC[C@@H]1/C=C/[C@H](O)C1CC2CCC2C1. The average molecular weight is 360 g/mol. The second kappa shape index (κ2) is 8.98. The molecule has 2 N–H and O–H groups in total. The minimum Gasteiger partial charge on any atom is -0.481 e. The first-order valence-electron chi connectivity index (χ1n) is 10.3. The van der Waals surface area contributed by atoms with Crippen LogP contribution in [0.1, 0.15) is 64.2 Å². The first-order valence-corrected chi connectivity index (χ1v) is 10.3. The molecule has 0 aromatic carbocycles. The Kier molecular flexibility index (Phi) is 6.68. The van der Waals surface area contributed by atoms with Gasteiger partial charge in [-0.1, -0.05) is 24.3 Å². The van der Waals surface area contributed by atoms with E-state index >= 15 is 0 Å². The first kappa shape index (κ1) is 19.3. The smallest absolute Gasteiger partial charge is 0.303 e. The molecule has 4 nitrogen and oxygen atoms in total. The summed E-state index contributed by atoms with van der Waals surface area (Å²) in [6.45, 7) is 0. The predicted octanol–water partition coefficient (Wildman–Crippen LogP) is 4.14. The second-order valence-electron chi connectivity index (χ2n) is 8.47. The quantitative estimate of drug-likeness (QED) is 0.479. The van der Waals surface area contributed by atoms with Crippen molar-refractivity contribution in [1.82, 2.24) is 0 Å². The van der Waals surface area contributed by atoms with Crippen LogP contribution in [0.2, 0.25) is 0 Å². The van der Waals surface area contributed by atoms with E-state index in [1.165, 1.54) is 25.7 Å². The van der Waals surface area contributed by atoms with Gasteiger partial charge in [-0.2, -0.15) is 0 Å². The summed E-state index contributed by atoms with van der Waals surface area (Å²) in [6.07, 6.45) is 16.6. The van der Waals surface area contributed by atoms with E-state index in [1.54, 1.807) is 0 Å². The number of allylic oxidation sites excluding steroid dienone is 3. The molecular weight excluding hydrogens is 328 g/mol. The van der Waals surface area contributed by atoms with Gasteiger partial charge >= 0.3 is 5.97 Å². The molecule has 144 valence electrons. The summed E-state index contributed by atoms with van der Waals surface area (Å²) >= 11 is 0. The topological polar surface area (TPSA) is 74.6 Å². The van der Waals surface area contributed by atoms with E-state index in [4.69, 9.17) is 5.11 Å². The minimum absolute atomic E-state index is 0.0222. The van der Waals surface area contributed by atoms with Crippen molar-refractivity contribution in [2.24, 2.45) is 29.6 Å². The maximum atomic E-state index is 12.2. The molecule has 4 heteroatoms. The van der Waals surface area contributed by atoms with Crippen LogP contribution >= 0.6 is 0 Å². The van der Waals surface area contributed by atoms with E-state index in [2.05, 4.69) is 6.08 Å². The van der Waals surface area contributed by atoms with Crippen LogP contribution in [0, 0.1) is 29.6 Å². The molecule has 3 aliphatic carbocycles. The molecule has 0 spiro atoms. The highest BCUT2D eigenvalue weighted by Gasteiger charge is 2.42. The minimum atomic E-state index is -0.761. The molecule has 0 bridgehead atoms. The molecule has 26 heavy (non-hydrogen) atoms. The second-order valence-corrected chi connectivity index (χ2v) is 8.47. The van der Waals surface area contributed by atoms with E-state index in [0.29, 0.717) is 24.5 Å². The number of ketones is 1. The fourth-order valence-electron chi connectivity index (χ4n) is 5.03. The summed E-state index contributed by atoms with van der Waals surface area (Å²) in [6, 6.07) is 0. The lowest BCUT2D eigenvalue weighted by molar-refractivity contribution is -0.137. The van der Waals surface area contributed by atoms with Crippen LogP contribution < -0.4 is 0 Å². The van der Waals surface area contributed by atoms with Gasteiger partial charge in [-0.3, -0.25) is 9.59 Å². The average Bonchev–Trinajstić information content (AvgIpc) is 3.08. The fourth-order valence-corrected chi connectivity index (χ4v) is 5.03. The van der Waals surface area contributed by atoms with Gasteiger partial charge in [0, 0.05) is 18.8 Å². The molecule has 0 aromatic rings. The highest BCUT2D eigenvalue weighted by atomic mass is 16.4. The lowest BCUT2D eigenvalue weighted by Crippen LogP contribution is -2.18. The molecule has 0 aromatic heterocycles. The summed E-state index contributed by atoms with van der Waals surface area (Å²) in [7, 11) is 0. The van der Waals surface area contributed by atoms with Crippen molar-refractivity contribution < 1.29 is 19.8 Å².